The van der Waals surface area contributed by atoms with Crippen molar-refractivity contribution < 1.29 is 17.7 Å². The molecule has 4 nitrogen and oxygen atoms in total. The summed E-state index contributed by atoms with van der Waals surface area (Å²) >= 11 is 0. The van der Waals surface area contributed by atoms with Crippen molar-refractivity contribution in [1.82, 2.24) is 0 Å². The molecular weight excluding hydrogens is 480 g/mol. The van der Waals surface area contributed by atoms with Crippen LogP contribution in [0.1, 0.15) is 125 Å². The van der Waals surface area contributed by atoms with Gasteiger partial charge in [0.2, 0.25) is 0 Å². The first-order valence-electron chi connectivity index (χ1n) is 15.8. The van der Waals surface area contributed by atoms with Gasteiger partial charge in [0.25, 0.3) is 10.1 Å². The Kier molecular flexibility index (Phi) is 9.60. The zero-order valence-electron chi connectivity index (χ0n) is 24.5. The highest BCUT2D eigenvalue weighted by atomic mass is 32.2. The lowest BCUT2D eigenvalue weighted by Gasteiger charge is -2.59. The molecular formula is C32H56O4S. The van der Waals surface area contributed by atoms with Gasteiger partial charge in [-0.05, 0) is 98.7 Å². The Morgan fingerprint density at radius 1 is 1.03 bits per heavy atom. The summed E-state index contributed by atoms with van der Waals surface area (Å²) in [6.07, 6.45) is 17.3. The Morgan fingerprint density at radius 2 is 1.81 bits per heavy atom. The van der Waals surface area contributed by atoms with Gasteiger partial charge in [0.15, 0.2) is 0 Å². The molecule has 4 aliphatic carbocycles. The third-order valence-electron chi connectivity index (χ3n) is 11.5. The van der Waals surface area contributed by atoms with Crippen LogP contribution in [0.2, 0.25) is 0 Å². The minimum atomic E-state index is -3.51. The van der Waals surface area contributed by atoms with E-state index in [1.807, 2.05) is 0 Å². The summed E-state index contributed by atoms with van der Waals surface area (Å²) in [7, 11) is -3.51. The molecule has 5 heteroatoms. The van der Waals surface area contributed by atoms with Crippen molar-refractivity contribution in [3.05, 3.63) is 11.6 Å². The summed E-state index contributed by atoms with van der Waals surface area (Å²) in [4.78, 5) is 0. The summed E-state index contributed by atoms with van der Waals surface area (Å²) in [5.74, 6) is 4.36. The van der Waals surface area contributed by atoms with Crippen LogP contribution < -0.4 is 0 Å². The molecule has 214 valence electrons. The predicted octanol–water partition coefficient (Wildman–Crippen LogP) is 7.91. The van der Waals surface area contributed by atoms with E-state index in [0.717, 1.165) is 55.8 Å². The van der Waals surface area contributed by atoms with Crippen LogP contribution in [0.3, 0.4) is 0 Å². The van der Waals surface area contributed by atoms with E-state index in [0.29, 0.717) is 36.7 Å². The highest BCUT2D eigenvalue weighted by Crippen LogP contribution is 2.67. The van der Waals surface area contributed by atoms with E-state index in [2.05, 4.69) is 40.7 Å². The van der Waals surface area contributed by atoms with Crippen molar-refractivity contribution in [1.29, 1.82) is 0 Å². The van der Waals surface area contributed by atoms with E-state index in [9.17, 15) is 13.5 Å². The topological polar surface area (TPSA) is 63.6 Å². The van der Waals surface area contributed by atoms with Crippen molar-refractivity contribution in [2.24, 2.45) is 46.3 Å². The maximum absolute atomic E-state index is 12.8. The van der Waals surface area contributed by atoms with Crippen LogP contribution in [0, 0.1) is 46.3 Å². The van der Waals surface area contributed by atoms with Crippen LogP contribution in [0.15, 0.2) is 11.6 Å². The lowest BCUT2D eigenvalue weighted by atomic mass is 9.46. The fourth-order valence-corrected chi connectivity index (χ4v) is 10.6. The molecule has 0 bridgehead atoms. The van der Waals surface area contributed by atoms with Gasteiger partial charge in [-0.1, -0.05) is 78.4 Å². The van der Waals surface area contributed by atoms with Crippen molar-refractivity contribution in [2.45, 2.75) is 131 Å². The molecule has 0 aromatic carbocycles. The second kappa shape index (κ2) is 12.0. The van der Waals surface area contributed by atoms with Crippen LogP contribution in [0.5, 0.6) is 0 Å². The summed E-state index contributed by atoms with van der Waals surface area (Å²) in [5.41, 5.74) is 1.51. The monoisotopic (exact) mass is 536 g/mol. The first-order chi connectivity index (χ1) is 17.5. The SMILES string of the molecule is CCCCCS(=O)(=O)OC[C@]12CCC(O)CC1=CC[C@@H]1[C@@H]2CC[C@]2(C)[C@@H]([C@H](C)CCCC(C)C)CC[C@@H]12. The summed E-state index contributed by atoms with van der Waals surface area (Å²) in [6, 6.07) is 0. The zero-order valence-corrected chi connectivity index (χ0v) is 25.3. The van der Waals surface area contributed by atoms with Crippen molar-refractivity contribution in [3.8, 4) is 0 Å². The minimum absolute atomic E-state index is 0.129. The molecule has 4 rings (SSSR count). The lowest BCUT2D eigenvalue weighted by molar-refractivity contribution is -0.0755. The Hall–Kier alpha value is -0.390. The standard InChI is InChI=1S/C32H56O4S/c1-6-7-8-20-37(34,35)36-22-32-19-16-26(33)21-25(32)12-13-27-29-15-14-28(24(4)11-9-10-23(2)3)31(29,5)18-17-30(27)32/h12,23-24,26-30,33H,6-11,13-22H2,1-5H3/t24-,26?,27+,28-,29+,30+,31-,32-/m1/s1. The summed E-state index contributed by atoms with van der Waals surface area (Å²) < 4.78 is 31.5. The first-order valence-corrected chi connectivity index (χ1v) is 17.3. The number of unbranched alkanes of at least 4 members (excludes halogenated alkanes) is 2. The normalized spacial score (nSPS) is 38.6. The largest absolute Gasteiger partial charge is 0.393 e. The van der Waals surface area contributed by atoms with Crippen LogP contribution in [0.4, 0.5) is 0 Å². The minimum Gasteiger partial charge on any atom is -0.393 e. The Balaban J connectivity index is 1.52. The van der Waals surface area contributed by atoms with Gasteiger partial charge in [-0.15, -0.1) is 0 Å². The highest BCUT2D eigenvalue weighted by Gasteiger charge is 2.60. The van der Waals surface area contributed by atoms with E-state index >= 15 is 0 Å². The molecule has 3 fully saturated rings. The number of hydrogen-bond donors (Lipinski definition) is 1. The molecule has 1 N–H and O–H groups in total. The van der Waals surface area contributed by atoms with Gasteiger partial charge >= 0.3 is 0 Å². The molecule has 0 heterocycles. The molecule has 37 heavy (non-hydrogen) atoms. The fraction of sp³-hybridized carbons (Fsp3) is 0.938. The molecule has 8 atom stereocenters. The molecule has 0 amide bonds. The molecule has 4 aliphatic rings. The smallest absolute Gasteiger partial charge is 0.267 e. The van der Waals surface area contributed by atoms with E-state index < -0.39 is 10.1 Å². The Morgan fingerprint density at radius 3 is 2.54 bits per heavy atom. The van der Waals surface area contributed by atoms with Gasteiger partial charge in [0.1, 0.15) is 0 Å². The first kappa shape index (κ1) is 29.6. The fourth-order valence-electron chi connectivity index (χ4n) is 9.51. The van der Waals surface area contributed by atoms with Crippen LogP contribution in [0.25, 0.3) is 0 Å². The number of allylic oxidation sites excluding steroid dienone is 1. The quantitative estimate of drug-likeness (QED) is 0.156. The predicted molar refractivity (Wildman–Crippen MR) is 153 cm³/mol. The second-order valence-electron chi connectivity index (χ2n) is 14.2. The maximum Gasteiger partial charge on any atom is 0.267 e. The maximum atomic E-state index is 12.8. The van der Waals surface area contributed by atoms with Crippen molar-refractivity contribution in [2.75, 3.05) is 12.4 Å². The highest BCUT2D eigenvalue weighted by molar-refractivity contribution is 7.86. The molecule has 0 saturated heterocycles. The van der Waals surface area contributed by atoms with Gasteiger partial charge < -0.3 is 5.11 Å². The van der Waals surface area contributed by atoms with Gasteiger partial charge in [-0.25, -0.2) is 0 Å². The molecule has 0 aromatic heterocycles. The van der Waals surface area contributed by atoms with Crippen LogP contribution in [-0.4, -0.2) is 32.0 Å². The summed E-state index contributed by atoms with van der Waals surface area (Å²) in [6.45, 7) is 12.2. The average Bonchev–Trinajstić information content (AvgIpc) is 3.20. The third-order valence-corrected chi connectivity index (χ3v) is 12.8. The Labute approximate surface area is 228 Å². The average molecular weight is 537 g/mol. The third kappa shape index (κ3) is 6.19. The number of fused-ring (bicyclic) bond motifs is 5. The van der Waals surface area contributed by atoms with Crippen molar-refractivity contribution in [3.63, 3.8) is 0 Å². The van der Waals surface area contributed by atoms with E-state index in [1.165, 1.54) is 50.5 Å². The van der Waals surface area contributed by atoms with Gasteiger partial charge in [0.05, 0.1) is 18.5 Å². The summed E-state index contributed by atoms with van der Waals surface area (Å²) in [5, 5.41) is 10.5. The van der Waals surface area contributed by atoms with Crippen LogP contribution in [-0.2, 0) is 14.3 Å². The molecule has 0 spiro atoms. The number of rotatable bonds is 12. The molecule has 0 aromatic rings. The molecule has 0 radical (unpaired) electrons. The van der Waals surface area contributed by atoms with E-state index in [-0.39, 0.29) is 17.3 Å². The van der Waals surface area contributed by atoms with Gasteiger partial charge in [-0.3, -0.25) is 4.18 Å². The molecule has 0 aliphatic heterocycles. The molecule has 1 unspecified atom stereocenters. The zero-order chi connectivity index (χ0) is 26.8. The van der Waals surface area contributed by atoms with E-state index in [1.54, 1.807) is 0 Å². The van der Waals surface area contributed by atoms with Gasteiger partial charge in [-0.2, -0.15) is 8.42 Å². The lowest BCUT2D eigenvalue weighted by Crippen LogP contribution is -2.53. The van der Waals surface area contributed by atoms with E-state index in [4.69, 9.17) is 4.18 Å². The molecule has 3 saturated carbocycles. The number of aliphatic hydroxyl groups is 1. The van der Waals surface area contributed by atoms with Gasteiger partial charge in [0, 0.05) is 5.41 Å². The number of aliphatic hydroxyl groups excluding tert-OH is 1. The number of hydrogen-bond acceptors (Lipinski definition) is 4. The van der Waals surface area contributed by atoms with Crippen molar-refractivity contribution >= 4 is 10.1 Å². The van der Waals surface area contributed by atoms with Crippen LogP contribution >= 0.6 is 0 Å². The second-order valence-corrected chi connectivity index (χ2v) is 15.9. The Bertz CT molecular complexity index is 894.